The Bertz CT molecular complexity index is 497. The van der Waals surface area contributed by atoms with Gasteiger partial charge in [-0.3, -0.25) is 9.59 Å². The van der Waals surface area contributed by atoms with E-state index in [0.717, 1.165) is 18.6 Å². The molecule has 1 aromatic rings. The number of amides is 2. The molecule has 2 unspecified atom stereocenters. The van der Waals surface area contributed by atoms with Gasteiger partial charge in [0.25, 0.3) is 0 Å². The van der Waals surface area contributed by atoms with Gasteiger partial charge in [0.15, 0.2) is 0 Å². The summed E-state index contributed by atoms with van der Waals surface area (Å²) in [6, 6.07) is 8.82. The number of piperazine rings is 1. The van der Waals surface area contributed by atoms with Crippen molar-refractivity contribution in [1.82, 2.24) is 10.2 Å². The van der Waals surface area contributed by atoms with E-state index in [4.69, 9.17) is 4.74 Å². The lowest BCUT2D eigenvalue weighted by atomic mass is 10.0. The average Bonchev–Trinajstić information content (AvgIpc) is 2.96. The van der Waals surface area contributed by atoms with E-state index < -0.39 is 6.04 Å². The van der Waals surface area contributed by atoms with Gasteiger partial charge in [-0.1, -0.05) is 30.3 Å². The van der Waals surface area contributed by atoms with E-state index in [-0.39, 0.29) is 18.4 Å². The minimum Gasteiger partial charge on any atom is -0.381 e. The fraction of sp³-hybridized carbons (Fsp3) is 0.467. The second-order valence-electron chi connectivity index (χ2n) is 5.36. The van der Waals surface area contributed by atoms with Crippen LogP contribution in [0.2, 0.25) is 0 Å². The zero-order chi connectivity index (χ0) is 13.9. The first-order chi connectivity index (χ1) is 9.74. The molecule has 0 bridgehead atoms. The maximum absolute atomic E-state index is 12.5. The predicted octanol–water partition coefficient (Wildman–Crippen LogP) is 0.723. The lowest BCUT2D eigenvalue weighted by molar-refractivity contribution is -0.145. The summed E-state index contributed by atoms with van der Waals surface area (Å²) >= 11 is 0. The van der Waals surface area contributed by atoms with E-state index in [2.05, 4.69) is 5.32 Å². The first-order valence-corrected chi connectivity index (χ1v) is 6.95. The molecule has 5 nitrogen and oxygen atoms in total. The highest BCUT2D eigenvalue weighted by molar-refractivity contribution is 5.95. The third-order valence-corrected chi connectivity index (χ3v) is 3.83. The van der Waals surface area contributed by atoms with Gasteiger partial charge in [-0.15, -0.1) is 0 Å². The van der Waals surface area contributed by atoms with Crippen molar-refractivity contribution in [3.8, 4) is 0 Å². The van der Waals surface area contributed by atoms with Gasteiger partial charge in [0.05, 0.1) is 13.2 Å². The number of carbonyl (C=O) groups is 2. The summed E-state index contributed by atoms with van der Waals surface area (Å²) in [7, 11) is 0. The minimum absolute atomic E-state index is 0.0253. The lowest BCUT2D eigenvalue weighted by Crippen LogP contribution is -2.54. The number of nitrogens with one attached hydrogen (secondary N) is 1. The molecule has 0 saturated carbocycles. The van der Waals surface area contributed by atoms with Crippen LogP contribution in [0, 0.1) is 5.92 Å². The second kappa shape index (κ2) is 5.63. The summed E-state index contributed by atoms with van der Waals surface area (Å²) in [4.78, 5) is 26.0. The van der Waals surface area contributed by atoms with Crippen LogP contribution >= 0.6 is 0 Å². The third-order valence-electron chi connectivity index (χ3n) is 3.83. The number of hydrogen-bond acceptors (Lipinski definition) is 3. The first-order valence-electron chi connectivity index (χ1n) is 6.95. The highest BCUT2D eigenvalue weighted by atomic mass is 16.5. The number of rotatable bonds is 3. The van der Waals surface area contributed by atoms with Crippen LogP contribution in [0.1, 0.15) is 18.0 Å². The number of carbonyl (C=O) groups excluding carboxylic acids is 2. The minimum atomic E-state index is -0.556. The third kappa shape index (κ3) is 2.67. The van der Waals surface area contributed by atoms with Gasteiger partial charge in [-0.05, 0) is 12.0 Å². The Morgan fingerprint density at radius 3 is 2.75 bits per heavy atom. The molecule has 106 valence electrons. The SMILES string of the molecule is O=C1CN(CC2CCOC2)C(=O)C(c2ccccc2)N1. The maximum atomic E-state index is 12.5. The topological polar surface area (TPSA) is 58.6 Å². The standard InChI is InChI=1S/C15H18N2O3/c18-13-9-17(8-11-6-7-20-10-11)15(19)14(16-13)12-4-2-1-3-5-12/h1-5,11,14H,6-10H2,(H,16,18). The number of hydrogen-bond donors (Lipinski definition) is 1. The molecule has 3 rings (SSSR count). The normalized spacial score (nSPS) is 26.7. The van der Waals surface area contributed by atoms with Gasteiger partial charge in [0.2, 0.25) is 11.8 Å². The molecule has 20 heavy (non-hydrogen) atoms. The van der Waals surface area contributed by atoms with Crippen molar-refractivity contribution in [2.24, 2.45) is 5.92 Å². The van der Waals surface area contributed by atoms with E-state index in [1.54, 1.807) is 4.90 Å². The first kappa shape index (κ1) is 13.1. The molecule has 0 aliphatic carbocycles. The summed E-state index contributed by atoms with van der Waals surface area (Å²) in [6.07, 6.45) is 0.960. The second-order valence-corrected chi connectivity index (χ2v) is 5.36. The van der Waals surface area contributed by atoms with Crippen molar-refractivity contribution >= 4 is 11.8 Å². The van der Waals surface area contributed by atoms with Crippen molar-refractivity contribution in [3.63, 3.8) is 0 Å². The van der Waals surface area contributed by atoms with E-state index in [1.807, 2.05) is 30.3 Å². The summed E-state index contributed by atoms with van der Waals surface area (Å²) in [5, 5.41) is 2.78. The van der Waals surface area contributed by atoms with Crippen molar-refractivity contribution in [2.75, 3.05) is 26.3 Å². The molecule has 2 saturated heterocycles. The molecule has 0 radical (unpaired) electrons. The fourth-order valence-electron chi connectivity index (χ4n) is 2.77. The highest BCUT2D eigenvalue weighted by Crippen LogP contribution is 2.21. The molecular formula is C15H18N2O3. The number of benzene rings is 1. The van der Waals surface area contributed by atoms with Crippen LogP contribution in [-0.4, -0.2) is 43.0 Å². The summed E-state index contributed by atoms with van der Waals surface area (Å²) in [5.41, 5.74) is 0.832. The molecule has 2 heterocycles. The average molecular weight is 274 g/mol. The van der Waals surface area contributed by atoms with Crippen LogP contribution in [0.25, 0.3) is 0 Å². The van der Waals surface area contributed by atoms with Crippen molar-refractivity contribution in [1.29, 1.82) is 0 Å². The van der Waals surface area contributed by atoms with E-state index >= 15 is 0 Å². The van der Waals surface area contributed by atoms with Gasteiger partial charge in [-0.2, -0.15) is 0 Å². The molecule has 2 aliphatic rings. The summed E-state index contributed by atoms with van der Waals surface area (Å²) in [5.74, 6) is 0.223. The molecule has 2 atom stereocenters. The Hall–Kier alpha value is -1.88. The Morgan fingerprint density at radius 2 is 2.05 bits per heavy atom. The molecule has 1 N–H and O–H groups in total. The van der Waals surface area contributed by atoms with Gasteiger partial charge in [-0.25, -0.2) is 0 Å². The van der Waals surface area contributed by atoms with Crippen LogP contribution in [0.3, 0.4) is 0 Å². The monoisotopic (exact) mass is 274 g/mol. The Morgan fingerprint density at radius 1 is 1.25 bits per heavy atom. The molecule has 2 fully saturated rings. The maximum Gasteiger partial charge on any atom is 0.250 e. The summed E-state index contributed by atoms with van der Waals surface area (Å²) < 4.78 is 5.33. The quantitative estimate of drug-likeness (QED) is 0.883. The van der Waals surface area contributed by atoms with Crippen LogP contribution in [0.4, 0.5) is 0 Å². The van der Waals surface area contributed by atoms with Gasteiger partial charge >= 0.3 is 0 Å². The smallest absolute Gasteiger partial charge is 0.250 e. The zero-order valence-corrected chi connectivity index (χ0v) is 11.2. The van der Waals surface area contributed by atoms with E-state index in [9.17, 15) is 9.59 Å². The van der Waals surface area contributed by atoms with E-state index in [0.29, 0.717) is 19.1 Å². The fourth-order valence-corrected chi connectivity index (χ4v) is 2.77. The number of nitrogens with zero attached hydrogens (tertiary/aromatic N) is 1. The predicted molar refractivity (Wildman–Crippen MR) is 72.8 cm³/mol. The highest BCUT2D eigenvalue weighted by Gasteiger charge is 2.35. The number of ether oxygens (including phenoxy) is 1. The molecule has 2 amide bonds. The van der Waals surface area contributed by atoms with Crippen molar-refractivity contribution in [3.05, 3.63) is 35.9 Å². The molecule has 5 heteroatoms. The molecule has 2 aliphatic heterocycles. The molecule has 0 spiro atoms. The van der Waals surface area contributed by atoms with Crippen molar-refractivity contribution < 1.29 is 14.3 Å². The van der Waals surface area contributed by atoms with Crippen LogP contribution in [0.15, 0.2) is 30.3 Å². The van der Waals surface area contributed by atoms with Crippen LogP contribution in [0.5, 0.6) is 0 Å². The Balaban J connectivity index is 1.75. The van der Waals surface area contributed by atoms with E-state index in [1.165, 1.54) is 0 Å². The van der Waals surface area contributed by atoms with Crippen LogP contribution < -0.4 is 5.32 Å². The molecule has 0 aromatic heterocycles. The largest absolute Gasteiger partial charge is 0.381 e. The Kier molecular flexibility index (Phi) is 3.69. The molecule has 1 aromatic carbocycles. The zero-order valence-electron chi connectivity index (χ0n) is 11.2. The molecular weight excluding hydrogens is 256 g/mol. The van der Waals surface area contributed by atoms with Gasteiger partial charge in [0, 0.05) is 19.1 Å². The van der Waals surface area contributed by atoms with Crippen LogP contribution in [-0.2, 0) is 14.3 Å². The Labute approximate surface area is 117 Å². The van der Waals surface area contributed by atoms with Gasteiger partial charge in [0.1, 0.15) is 6.04 Å². The van der Waals surface area contributed by atoms with Gasteiger partial charge < -0.3 is 15.0 Å². The van der Waals surface area contributed by atoms with Crippen molar-refractivity contribution in [2.45, 2.75) is 12.5 Å². The summed E-state index contributed by atoms with van der Waals surface area (Å²) in [6.45, 7) is 2.19. The lowest BCUT2D eigenvalue weighted by Gasteiger charge is -2.34.